The van der Waals surface area contributed by atoms with Crippen LogP contribution in [0.1, 0.15) is 11.1 Å². The third kappa shape index (κ3) is 5.37. The number of hydrogen-bond acceptors (Lipinski definition) is 4. The molecule has 0 aliphatic heterocycles. The molecule has 0 fully saturated rings. The Hall–Kier alpha value is -1.86. The van der Waals surface area contributed by atoms with Crippen LogP contribution in [0.4, 0.5) is 0 Å². The Kier molecular flexibility index (Phi) is 6.18. The summed E-state index contributed by atoms with van der Waals surface area (Å²) in [5.41, 5.74) is 4.05. The molecule has 2 aromatic carbocycles. The van der Waals surface area contributed by atoms with E-state index in [9.17, 15) is 9.90 Å². The van der Waals surface area contributed by atoms with Crippen LogP contribution >= 0.6 is 31.9 Å². The van der Waals surface area contributed by atoms with Crippen molar-refractivity contribution < 1.29 is 14.6 Å². The minimum Gasteiger partial charge on any atom is -0.508 e. The molecule has 7 heteroatoms. The van der Waals surface area contributed by atoms with Crippen LogP contribution in [0.5, 0.6) is 11.5 Å². The maximum Gasteiger partial charge on any atom is 0.277 e. The van der Waals surface area contributed by atoms with E-state index < -0.39 is 0 Å². The Bertz CT molecular complexity index is 708. The van der Waals surface area contributed by atoms with Gasteiger partial charge in [0.25, 0.3) is 5.91 Å². The third-order valence-electron chi connectivity index (χ3n) is 2.84. The molecule has 0 bridgehead atoms. The standard InChI is InChI=1S/C16H14Br2N2O3/c1-10-6-12(17)7-14(18)16(10)23-9-15(22)20-19-8-11-2-4-13(21)5-3-11/h2-8,21H,9H2,1H3,(H,20,22)/b19-8+. The topological polar surface area (TPSA) is 70.9 Å². The first-order chi connectivity index (χ1) is 11.0. The second-order valence-electron chi connectivity index (χ2n) is 4.71. The van der Waals surface area contributed by atoms with E-state index in [2.05, 4.69) is 42.4 Å². The summed E-state index contributed by atoms with van der Waals surface area (Å²) in [6.07, 6.45) is 1.48. The number of rotatable bonds is 5. The molecule has 0 aliphatic carbocycles. The summed E-state index contributed by atoms with van der Waals surface area (Å²) in [5, 5.41) is 13.0. The van der Waals surface area contributed by atoms with Crippen molar-refractivity contribution in [1.29, 1.82) is 0 Å². The maximum absolute atomic E-state index is 11.7. The number of amides is 1. The van der Waals surface area contributed by atoms with E-state index >= 15 is 0 Å². The van der Waals surface area contributed by atoms with Gasteiger partial charge < -0.3 is 9.84 Å². The average Bonchev–Trinajstić information content (AvgIpc) is 2.48. The molecule has 0 saturated heterocycles. The van der Waals surface area contributed by atoms with E-state index in [1.165, 1.54) is 6.21 Å². The average molecular weight is 442 g/mol. The maximum atomic E-state index is 11.7. The molecule has 0 atom stereocenters. The van der Waals surface area contributed by atoms with Crippen molar-refractivity contribution in [2.45, 2.75) is 6.92 Å². The number of nitrogens with zero attached hydrogens (tertiary/aromatic N) is 1. The molecule has 0 heterocycles. The van der Waals surface area contributed by atoms with E-state index in [-0.39, 0.29) is 18.3 Å². The first-order valence-corrected chi connectivity index (χ1v) is 8.23. The number of hydrogen-bond donors (Lipinski definition) is 2. The molecule has 1 amide bonds. The van der Waals surface area contributed by atoms with E-state index in [1.54, 1.807) is 24.3 Å². The Balaban J connectivity index is 1.87. The zero-order chi connectivity index (χ0) is 16.8. The van der Waals surface area contributed by atoms with Crippen molar-refractivity contribution in [2.24, 2.45) is 5.10 Å². The lowest BCUT2D eigenvalue weighted by Gasteiger charge is -2.10. The predicted octanol–water partition coefficient (Wildman–Crippen LogP) is 3.75. The van der Waals surface area contributed by atoms with Crippen molar-refractivity contribution >= 4 is 44.0 Å². The van der Waals surface area contributed by atoms with Gasteiger partial charge in [-0.1, -0.05) is 15.9 Å². The number of phenols is 1. The number of carbonyl (C=O) groups excluding carboxylic acids is 1. The zero-order valence-electron chi connectivity index (χ0n) is 12.2. The molecule has 0 saturated carbocycles. The minimum atomic E-state index is -0.366. The number of phenolic OH excluding ortho intramolecular Hbond substituents is 1. The highest BCUT2D eigenvalue weighted by Gasteiger charge is 2.09. The van der Waals surface area contributed by atoms with Gasteiger partial charge in [0.1, 0.15) is 11.5 Å². The molecule has 0 aromatic heterocycles. The molecule has 0 spiro atoms. The number of hydrazone groups is 1. The number of carbonyl (C=O) groups is 1. The molecular formula is C16H14Br2N2O3. The fourth-order valence-corrected chi connectivity index (χ4v) is 3.33. The van der Waals surface area contributed by atoms with E-state index in [1.807, 2.05) is 19.1 Å². The number of nitrogens with one attached hydrogen (secondary N) is 1. The van der Waals surface area contributed by atoms with Crippen LogP contribution in [0.25, 0.3) is 0 Å². The van der Waals surface area contributed by atoms with Gasteiger partial charge in [0.15, 0.2) is 6.61 Å². The largest absolute Gasteiger partial charge is 0.508 e. The van der Waals surface area contributed by atoms with Crippen molar-refractivity contribution in [1.82, 2.24) is 5.43 Å². The van der Waals surface area contributed by atoms with Crippen molar-refractivity contribution in [3.05, 3.63) is 56.5 Å². The molecule has 23 heavy (non-hydrogen) atoms. The molecule has 2 N–H and O–H groups in total. The normalized spacial score (nSPS) is 10.7. The van der Waals surface area contributed by atoms with Crippen molar-refractivity contribution in [3.8, 4) is 11.5 Å². The number of benzene rings is 2. The molecule has 120 valence electrons. The second kappa shape index (κ2) is 8.12. The van der Waals surface area contributed by atoms with E-state index in [4.69, 9.17) is 4.74 Å². The van der Waals surface area contributed by atoms with Crippen LogP contribution in [-0.2, 0) is 4.79 Å². The van der Waals surface area contributed by atoms with E-state index in [0.717, 1.165) is 20.1 Å². The summed E-state index contributed by atoms with van der Waals surface area (Å²) in [4.78, 5) is 11.7. The van der Waals surface area contributed by atoms with Crippen LogP contribution < -0.4 is 10.2 Å². The predicted molar refractivity (Wildman–Crippen MR) is 95.9 cm³/mol. The summed E-state index contributed by atoms with van der Waals surface area (Å²) in [6, 6.07) is 10.2. The fraction of sp³-hybridized carbons (Fsp3) is 0.125. The molecular weight excluding hydrogens is 428 g/mol. The molecule has 0 unspecified atom stereocenters. The fourth-order valence-electron chi connectivity index (χ4n) is 1.78. The Morgan fingerprint density at radius 3 is 2.65 bits per heavy atom. The highest BCUT2D eigenvalue weighted by atomic mass is 79.9. The Labute approximate surface area is 150 Å². The number of ether oxygens (including phenoxy) is 1. The number of aryl methyl sites for hydroxylation is 1. The van der Waals surface area contributed by atoms with E-state index in [0.29, 0.717) is 5.75 Å². The zero-order valence-corrected chi connectivity index (χ0v) is 15.4. The molecule has 0 radical (unpaired) electrons. The highest BCUT2D eigenvalue weighted by molar-refractivity contribution is 9.11. The van der Waals surface area contributed by atoms with Gasteiger partial charge in [-0.3, -0.25) is 4.79 Å². The summed E-state index contributed by atoms with van der Waals surface area (Å²) >= 11 is 6.79. The Morgan fingerprint density at radius 2 is 2.00 bits per heavy atom. The van der Waals surface area contributed by atoms with Gasteiger partial charge in [0.2, 0.25) is 0 Å². The SMILES string of the molecule is Cc1cc(Br)cc(Br)c1OCC(=O)N/N=C/c1ccc(O)cc1. The van der Waals surface area contributed by atoms with Crippen LogP contribution in [0.2, 0.25) is 0 Å². The lowest BCUT2D eigenvalue weighted by molar-refractivity contribution is -0.123. The van der Waals surface area contributed by atoms with Crippen LogP contribution in [0.15, 0.2) is 50.4 Å². The van der Waals surface area contributed by atoms with Gasteiger partial charge in [-0.05, 0) is 70.4 Å². The lowest BCUT2D eigenvalue weighted by Crippen LogP contribution is -2.24. The van der Waals surface area contributed by atoms with Crippen LogP contribution in [0.3, 0.4) is 0 Å². The smallest absolute Gasteiger partial charge is 0.277 e. The van der Waals surface area contributed by atoms with Gasteiger partial charge in [-0.2, -0.15) is 5.10 Å². The van der Waals surface area contributed by atoms with Gasteiger partial charge in [0, 0.05) is 4.47 Å². The molecule has 2 aromatic rings. The molecule has 5 nitrogen and oxygen atoms in total. The lowest BCUT2D eigenvalue weighted by atomic mass is 10.2. The quantitative estimate of drug-likeness (QED) is 0.548. The van der Waals surface area contributed by atoms with Gasteiger partial charge >= 0.3 is 0 Å². The van der Waals surface area contributed by atoms with Crippen molar-refractivity contribution in [3.63, 3.8) is 0 Å². The first kappa shape index (κ1) is 17.5. The van der Waals surface area contributed by atoms with Gasteiger partial charge in [-0.25, -0.2) is 5.43 Å². The summed E-state index contributed by atoms with van der Waals surface area (Å²) in [5.74, 6) is 0.426. The van der Waals surface area contributed by atoms with Gasteiger partial charge in [-0.15, -0.1) is 0 Å². The first-order valence-electron chi connectivity index (χ1n) is 6.65. The Morgan fingerprint density at radius 1 is 1.30 bits per heavy atom. The number of aromatic hydroxyl groups is 1. The summed E-state index contributed by atoms with van der Waals surface area (Å²) < 4.78 is 7.21. The third-order valence-corrected chi connectivity index (χ3v) is 3.88. The molecule has 2 rings (SSSR count). The number of halogens is 2. The van der Waals surface area contributed by atoms with Gasteiger partial charge in [0.05, 0.1) is 10.7 Å². The van der Waals surface area contributed by atoms with Crippen LogP contribution in [0, 0.1) is 6.92 Å². The second-order valence-corrected chi connectivity index (χ2v) is 6.48. The molecule has 0 aliphatic rings. The minimum absolute atomic E-state index is 0.145. The summed E-state index contributed by atoms with van der Waals surface area (Å²) in [7, 11) is 0. The van der Waals surface area contributed by atoms with Crippen molar-refractivity contribution in [2.75, 3.05) is 6.61 Å². The monoisotopic (exact) mass is 440 g/mol. The highest BCUT2D eigenvalue weighted by Crippen LogP contribution is 2.32. The van der Waals surface area contributed by atoms with Crippen LogP contribution in [-0.4, -0.2) is 23.8 Å². The summed E-state index contributed by atoms with van der Waals surface area (Å²) in [6.45, 7) is 1.75.